The Morgan fingerprint density at radius 1 is 1.19 bits per heavy atom. The first-order valence-electron chi connectivity index (χ1n) is 9.71. The number of hydrogen-bond acceptors (Lipinski definition) is 4. The topological polar surface area (TPSA) is 36.9 Å². The van der Waals surface area contributed by atoms with Crippen molar-refractivity contribution in [1.29, 1.82) is 0 Å². The van der Waals surface area contributed by atoms with Crippen LogP contribution in [0.1, 0.15) is 45.1 Å². The molecule has 1 unspecified atom stereocenters. The fourth-order valence-electron chi connectivity index (χ4n) is 4.16. The summed E-state index contributed by atoms with van der Waals surface area (Å²) < 4.78 is 23.7. The predicted molar refractivity (Wildman–Crippen MR) is 102 cm³/mol. The monoisotopic (exact) mass is 360 g/mol. The van der Waals surface area contributed by atoms with Gasteiger partial charge in [-0.3, -0.25) is 0 Å². The minimum Gasteiger partial charge on any atom is -0.353 e. The first-order chi connectivity index (χ1) is 12.5. The maximum absolute atomic E-state index is 6.12. The molecule has 0 N–H and O–H groups in total. The van der Waals surface area contributed by atoms with Crippen molar-refractivity contribution in [3.05, 3.63) is 48.6 Å². The van der Waals surface area contributed by atoms with E-state index in [0.29, 0.717) is 5.92 Å². The summed E-state index contributed by atoms with van der Waals surface area (Å²) in [6.45, 7) is 7.85. The molecule has 2 aliphatic rings. The SMILES string of the molecule is C=CC[C@H](CCCc1ccccc1)C[C@H]1O[C@@H](OC)C2OC(C)(C)O[C@H]21. The molecule has 1 aromatic carbocycles. The number of fused-ring (bicyclic) bond motifs is 1. The Balaban J connectivity index is 1.56. The second-order valence-corrected chi connectivity index (χ2v) is 7.85. The number of allylic oxidation sites excluding steroid dienone is 1. The summed E-state index contributed by atoms with van der Waals surface area (Å²) in [6.07, 6.45) is 6.84. The van der Waals surface area contributed by atoms with Crippen LogP contribution in [0.5, 0.6) is 0 Å². The molecule has 144 valence electrons. The van der Waals surface area contributed by atoms with Gasteiger partial charge in [-0.05, 0) is 57.4 Å². The van der Waals surface area contributed by atoms with Crippen LogP contribution in [-0.2, 0) is 25.4 Å². The van der Waals surface area contributed by atoms with E-state index in [1.807, 2.05) is 19.9 Å². The summed E-state index contributed by atoms with van der Waals surface area (Å²) in [6, 6.07) is 10.7. The number of hydrogen-bond donors (Lipinski definition) is 0. The molecule has 0 aliphatic carbocycles. The van der Waals surface area contributed by atoms with Crippen LogP contribution in [0.3, 0.4) is 0 Å². The zero-order chi connectivity index (χ0) is 18.6. The molecule has 0 spiro atoms. The zero-order valence-electron chi connectivity index (χ0n) is 16.2. The molecule has 26 heavy (non-hydrogen) atoms. The average Bonchev–Trinajstić information content (AvgIpc) is 3.09. The molecule has 0 amide bonds. The predicted octanol–water partition coefficient (Wildman–Crippen LogP) is 4.48. The summed E-state index contributed by atoms with van der Waals surface area (Å²) in [4.78, 5) is 0. The van der Waals surface area contributed by atoms with E-state index in [-0.39, 0.29) is 24.6 Å². The van der Waals surface area contributed by atoms with Crippen LogP contribution in [0.15, 0.2) is 43.0 Å². The summed E-state index contributed by atoms with van der Waals surface area (Å²) >= 11 is 0. The first kappa shape index (κ1) is 19.6. The Hall–Kier alpha value is -1.20. The fraction of sp³-hybridized carbons (Fsp3) is 0.636. The third-order valence-electron chi connectivity index (χ3n) is 5.33. The zero-order valence-corrected chi connectivity index (χ0v) is 16.2. The smallest absolute Gasteiger partial charge is 0.186 e. The normalized spacial score (nSPS) is 30.9. The van der Waals surface area contributed by atoms with E-state index < -0.39 is 5.79 Å². The van der Waals surface area contributed by atoms with Crippen molar-refractivity contribution in [2.45, 2.75) is 76.3 Å². The Labute approximate surface area is 157 Å². The van der Waals surface area contributed by atoms with E-state index in [1.54, 1.807) is 7.11 Å². The van der Waals surface area contributed by atoms with Gasteiger partial charge in [0.2, 0.25) is 0 Å². The van der Waals surface area contributed by atoms with E-state index in [9.17, 15) is 0 Å². The van der Waals surface area contributed by atoms with Gasteiger partial charge in [-0.2, -0.15) is 0 Å². The van der Waals surface area contributed by atoms with Gasteiger partial charge in [0.15, 0.2) is 12.1 Å². The second kappa shape index (κ2) is 8.66. The molecular weight excluding hydrogens is 328 g/mol. The van der Waals surface area contributed by atoms with Crippen LogP contribution >= 0.6 is 0 Å². The molecule has 0 saturated carbocycles. The van der Waals surface area contributed by atoms with Crippen LogP contribution < -0.4 is 0 Å². The molecule has 2 aliphatic heterocycles. The van der Waals surface area contributed by atoms with E-state index >= 15 is 0 Å². The largest absolute Gasteiger partial charge is 0.353 e. The van der Waals surface area contributed by atoms with Crippen LogP contribution in [0.25, 0.3) is 0 Å². The summed E-state index contributed by atoms with van der Waals surface area (Å²) in [5.41, 5.74) is 1.40. The lowest BCUT2D eigenvalue weighted by Crippen LogP contribution is -2.31. The number of benzene rings is 1. The molecule has 4 heteroatoms. The van der Waals surface area contributed by atoms with Gasteiger partial charge in [-0.25, -0.2) is 0 Å². The first-order valence-corrected chi connectivity index (χ1v) is 9.71. The quantitative estimate of drug-likeness (QED) is 0.608. The highest BCUT2D eigenvalue weighted by Crippen LogP contribution is 2.41. The van der Waals surface area contributed by atoms with Crippen molar-refractivity contribution in [3.63, 3.8) is 0 Å². The van der Waals surface area contributed by atoms with Crippen LogP contribution in [-0.4, -0.2) is 37.5 Å². The molecule has 4 nitrogen and oxygen atoms in total. The molecule has 2 heterocycles. The summed E-state index contributed by atoms with van der Waals surface area (Å²) in [5.74, 6) is -0.0418. The number of ether oxygens (including phenoxy) is 4. The lowest BCUT2D eigenvalue weighted by Gasteiger charge is -2.26. The van der Waals surface area contributed by atoms with Crippen molar-refractivity contribution in [2.24, 2.45) is 5.92 Å². The van der Waals surface area contributed by atoms with Gasteiger partial charge in [0.05, 0.1) is 6.10 Å². The Morgan fingerprint density at radius 2 is 1.92 bits per heavy atom. The molecular formula is C22H32O4. The number of rotatable bonds is 9. The molecule has 3 rings (SSSR count). The minimum atomic E-state index is -0.574. The highest BCUT2D eigenvalue weighted by Gasteiger charge is 2.55. The molecule has 2 saturated heterocycles. The number of aryl methyl sites for hydroxylation is 1. The fourth-order valence-corrected chi connectivity index (χ4v) is 4.16. The molecule has 0 aromatic heterocycles. The van der Waals surface area contributed by atoms with Crippen LogP contribution in [0, 0.1) is 5.92 Å². The van der Waals surface area contributed by atoms with Gasteiger partial charge in [-0.15, -0.1) is 6.58 Å². The molecule has 0 bridgehead atoms. The van der Waals surface area contributed by atoms with Crippen LogP contribution in [0.4, 0.5) is 0 Å². The highest BCUT2D eigenvalue weighted by molar-refractivity contribution is 5.14. The second-order valence-electron chi connectivity index (χ2n) is 7.85. The van der Waals surface area contributed by atoms with E-state index in [2.05, 4.69) is 36.9 Å². The summed E-state index contributed by atoms with van der Waals surface area (Å²) in [7, 11) is 1.67. The van der Waals surface area contributed by atoms with E-state index in [4.69, 9.17) is 18.9 Å². The highest BCUT2D eigenvalue weighted by atomic mass is 16.8. The Morgan fingerprint density at radius 3 is 2.62 bits per heavy atom. The number of methoxy groups -OCH3 is 1. The lowest BCUT2D eigenvalue weighted by molar-refractivity contribution is -0.228. The van der Waals surface area contributed by atoms with Gasteiger partial charge >= 0.3 is 0 Å². The lowest BCUT2D eigenvalue weighted by atomic mass is 9.89. The maximum Gasteiger partial charge on any atom is 0.186 e. The van der Waals surface area contributed by atoms with E-state index in [0.717, 1.165) is 25.7 Å². The molecule has 2 fully saturated rings. The third kappa shape index (κ3) is 4.74. The Kier molecular flexibility index (Phi) is 6.51. The molecule has 0 radical (unpaired) electrons. The standard InChI is InChI=1S/C22H32O4/c1-5-10-17(14-9-13-16-11-7-6-8-12-16)15-18-19-20(21(23-4)24-18)26-22(2,3)25-19/h5-8,11-12,17-21H,1,9-10,13-15H2,2-4H3/t17-,18-,19+,20?,21-/m1/s1. The van der Waals surface area contributed by atoms with Crippen molar-refractivity contribution in [2.75, 3.05) is 7.11 Å². The third-order valence-corrected chi connectivity index (χ3v) is 5.33. The average molecular weight is 360 g/mol. The maximum atomic E-state index is 6.12. The van der Waals surface area contributed by atoms with Gasteiger partial charge in [0, 0.05) is 7.11 Å². The van der Waals surface area contributed by atoms with Gasteiger partial charge in [-0.1, -0.05) is 36.4 Å². The van der Waals surface area contributed by atoms with Crippen molar-refractivity contribution < 1.29 is 18.9 Å². The van der Waals surface area contributed by atoms with Crippen molar-refractivity contribution in [3.8, 4) is 0 Å². The minimum absolute atomic E-state index is 0.00778. The molecule has 5 atom stereocenters. The van der Waals surface area contributed by atoms with E-state index in [1.165, 1.54) is 12.0 Å². The van der Waals surface area contributed by atoms with Crippen molar-refractivity contribution in [1.82, 2.24) is 0 Å². The van der Waals surface area contributed by atoms with Gasteiger partial charge in [0.1, 0.15) is 12.2 Å². The van der Waals surface area contributed by atoms with Gasteiger partial charge in [0.25, 0.3) is 0 Å². The van der Waals surface area contributed by atoms with Gasteiger partial charge < -0.3 is 18.9 Å². The molecule has 1 aromatic rings. The Bertz CT molecular complexity index is 571. The van der Waals surface area contributed by atoms with Crippen LogP contribution in [0.2, 0.25) is 0 Å². The van der Waals surface area contributed by atoms with Crippen molar-refractivity contribution >= 4 is 0 Å². The summed E-state index contributed by atoms with van der Waals surface area (Å²) in [5, 5.41) is 0.